The predicted molar refractivity (Wildman–Crippen MR) is 34.9 cm³/mol. The van der Waals surface area contributed by atoms with E-state index >= 15 is 0 Å². The molecule has 0 radical (unpaired) electrons. The summed E-state index contributed by atoms with van der Waals surface area (Å²) in [5.74, 6) is 0.789. The zero-order valence-electron chi connectivity index (χ0n) is 5.83. The van der Waals surface area contributed by atoms with Crippen molar-refractivity contribution in [1.29, 1.82) is 0 Å². The van der Waals surface area contributed by atoms with Gasteiger partial charge in [0, 0.05) is 13.8 Å². The number of hydrogen-bond acceptors (Lipinski definition) is 4. The molecular formula is C5H8N4O. The van der Waals surface area contributed by atoms with Crippen LogP contribution in [0.2, 0.25) is 0 Å². The van der Waals surface area contributed by atoms with E-state index in [-0.39, 0.29) is 5.95 Å². The number of aryl methyl sites for hydroxylation is 2. The molecular weight excluding hydrogens is 132 g/mol. The van der Waals surface area contributed by atoms with Gasteiger partial charge in [0.1, 0.15) is 0 Å². The third kappa shape index (κ3) is 0.975. The van der Waals surface area contributed by atoms with Crippen molar-refractivity contribution in [3.8, 4) is 0 Å². The highest BCUT2D eigenvalue weighted by Crippen LogP contribution is 1.90. The van der Waals surface area contributed by atoms with Gasteiger partial charge in [-0.3, -0.25) is 0 Å². The van der Waals surface area contributed by atoms with Crippen LogP contribution in [0.25, 0.3) is 0 Å². The molecule has 0 atom stereocenters. The van der Waals surface area contributed by atoms with Gasteiger partial charge in [-0.25, -0.2) is 4.73 Å². The molecule has 5 nitrogen and oxygen atoms in total. The molecule has 0 aromatic carbocycles. The molecule has 0 spiro atoms. The Bertz CT molecular complexity index is 237. The Kier molecular flexibility index (Phi) is 1.41. The average Bonchev–Trinajstić information content (AvgIpc) is 1.82. The molecule has 10 heavy (non-hydrogen) atoms. The maximum Gasteiger partial charge on any atom is 0.346 e. The Balaban J connectivity index is 3.31. The summed E-state index contributed by atoms with van der Waals surface area (Å²) in [7, 11) is 0. The van der Waals surface area contributed by atoms with E-state index in [2.05, 4.69) is 9.97 Å². The number of nitrogen functional groups attached to an aromatic ring is 1. The molecule has 0 bridgehead atoms. The molecule has 0 unspecified atom stereocenters. The van der Waals surface area contributed by atoms with Gasteiger partial charge in [-0.1, -0.05) is 4.98 Å². The number of hydrogen-bond donors (Lipinski definition) is 1. The lowest BCUT2D eigenvalue weighted by atomic mass is 10.6. The molecule has 1 rings (SSSR count). The first-order valence-corrected chi connectivity index (χ1v) is 2.81. The molecule has 0 aliphatic carbocycles. The number of anilines is 1. The molecule has 54 valence electrons. The maximum atomic E-state index is 10.8. The molecule has 0 amide bonds. The highest BCUT2D eigenvalue weighted by Gasteiger charge is 2.04. The average molecular weight is 140 g/mol. The molecule has 2 N–H and O–H groups in total. The molecule has 0 saturated carbocycles. The summed E-state index contributed by atoms with van der Waals surface area (Å²) in [5.41, 5.74) is 5.22. The third-order valence-electron chi connectivity index (χ3n) is 1.10. The zero-order chi connectivity index (χ0) is 7.72. The van der Waals surface area contributed by atoms with Crippen molar-refractivity contribution in [3.05, 3.63) is 16.9 Å². The predicted octanol–water partition coefficient (Wildman–Crippen LogP) is -0.691. The summed E-state index contributed by atoms with van der Waals surface area (Å²) < 4.78 is 0.493. The fraction of sp³-hybridized carbons (Fsp3) is 0.400. The highest BCUT2D eigenvalue weighted by molar-refractivity contribution is 5.06. The molecule has 0 saturated heterocycles. The number of nitrogens with two attached hydrogens (primary N) is 1. The molecule has 1 aromatic heterocycles. The fourth-order valence-corrected chi connectivity index (χ4v) is 0.682. The minimum Gasteiger partial charge on any atom is -0.754 e. The van der Waals surface area contributed by atoms with Crippen LogP contribution in [0.15, 0.2) is 0 Å². The van der Waals surface area contributed by atoms with Gasteiger partial charge < -0.3 is 10.9 Å². The van der Waals surface area contributed by atoms with Crippen LogP contribution < -0.4 is 10.5 Å². The first-order chi connectivity index (χ1) is 4.61. The third-order valence-corrected chi connectivity index (χ3v) is 1.10. The summed E-state index contributed by atoms with van der Waals surface area (Å²) in [4.78, 5) is 7.44. The first kappa shape index (κ1) is 6.73. The Hall–Kier alpha value is -1.39. The van der Waals surface area contributed by atoms with Crippen LogP contribution in [0.5, 0.6) is 0 Å². The molecule has 0 fully saturated rings. The van der Waals surface area contributed by atoms with Gasteiger partial charge in [-0.05, 0) is 0 Å². The first-order valence-electron chi connectivity index (χ1n) is 2.81. The molecule has 1 heterocycles. The number of nitrogens with zero attached hydrogens (tertiary/aromatic N) is 3. The van der Waals surface area contributed by atoms with Crippen molar-refractivity contribution in [2.24, 2.45) is 0 Å². The second-order valence-corrected chi connectivity index (χ2v) is 1.97. The summed E-state index contributed by atoms with van der Waals surface area (Å²) in [5, 5.41) is 10.8. The van der Waals surface area contributed by atoms with Gasteiger partial charge in [-0.2, -0.15) is 0 Å². The quantitative estimate of drug-likeness (QED) is 0.382. The van der Waals surface area contributed by atoms with Crippen molar-refractivity contribution in [3.63, 3.8) is 0 Å². The minimum absolute atomic E-state index is 0.0509. The van der Waals surface area contributed by atoms with Gasteiger partial charge in [0.2, 0.25) is 11.6 Å². The lowest BCUT2D eigenvalue weighted by Gasteiger charge is -2.06. The van der Waals surface area contributed by atoms with Crippen molar-refractivity contribution < 1.29 is 4.73 Å². The van der Waals surface area contributed by atoms with E-state index in [1.165, 1.54) is 0 Å². The van der Waals surface area contributed by atoms with Gasteiger partial charge in [0.25, 0.3) is 0 Å². The summed E-state index contributed by atoms with van der Waals surface area (Å²) in [6.45, 7) is 3.27. The summed E-state index contributed by atoms with van der Waals surface area (Å²) in [6, 6.07) is 0. The Morgan fingerprint density at radius 3 is 2.50 bits per heavy atom. The van der Waals surface area contributed by atoms with E-state index < -0.39 is 0 Å². The van der Waals surface area contributed by atoms with Gasteiger partial charge >= 0.3 is 5.95 Å². The molecule has 0 aliphatic heterocycles. The Morgan fingerprint density at radius 2 is 2.00 bits per heavy atom. The maximum absolute atomic E-state index is 10.8. The molecule has 1 aromatic rings. The summed E-state index contributed by atoms with van der Waals surface area (Å²) >= 11 is 0. The lowest BCUT2D eigenvalue weighted by Crippen LogP contribution is -2.36. The smallest absolute Gasteiger partial charge is 0.346 e. The van der Waals surface area contributed by atoms with E-state index in [9.17, 15) is 5.21 Å². The Morgan fingerprint density at radius 1 is 1.40 bits per heavy atom. The van der Waals surface area contributed by atoms with E-state index in [0.29, 0.717) is 16.4 Å². The van der Waals surface area contributed by atoms with Crippen LogP contribution in [0.4, 0.5) is 5.95 Å². The zero-order valence-corrected chi connectivity index (χ0v) is 5.83. The lowest BCUT2D eigenvalue weighted by molar-refractivity contribution is -0.603. The van der Waals surface area contributed by atoms with Crippen LogP contribution in [-0.2, 0) is 0 Å². The van der Waals surface area contributed by atoms with Crippen LogP contribution in [-0.4, -0.2) is 9.97 Å². The van der Waals surface area contributed by atoms with Crippen LogP contribution in [0.3, 0.4) is 0 Å². The van der Waals surface area contributed by atoms with Crippen molar-refractivity contribution in [1.82, 2.24) is 9.97 Å². The van der Waals surface area contributed by atoms with Crippen LogP contribution in [0.1, 0.15) is 11.6 Å². The topological polar surface area (TPSA) is 78.7 Å². The molecule has 0 aliphatic rings. The molecule has 5 heteroatoms. The number of rotatable bonds is 0. The van der Waals surface area contributed by atoms with Gasteiger partial charge in [0.05, 0.1) is 0 Å². The van der Waals surface area contributed by atoms with E-state index in [0.717, 1.165) is 0 Å². The van der Waals surface area contributed by atoms with Crippen molar-refractivity contribution in [2.45, 2.75) is 13.8 Å². The number of aromatic nitrogens is 3. The van der Waals surface area contributed by atoms with E-state index in [1.54, 1.807) is 13.8 Å². The summed E-state index contributed by atoms with van der Waals surface area (Å²) in [6.07, 6.45) is 0. The fourth-order valence-electron chi connectivity index (χ4n) is 0.682. The second kappa shape index (κ2) is 2.09. The van der Waals surface area contributed by atoms with Crippen molar-refractivity contribution in [2.75, 3.05) is 5.73 Å². The van der Waals surface area contributed by atoms with Crippen LogP contribution in [0, 0.1) is 19.1 Å². The Labute approximate surface area is 58.1 Å². The van der Waals surface area contributed by atoms with E-state index in [4.69, 9.17) is 5.73 Å². The van der Waals surface area contributed by atoms with E-state index in [1.807, 2.05) is 0 Å². The second-order valence-electron chi connectivity index (χ2n) is 1.97. The van der Waals surface area contributed by atoms with Crippen LogP contribution >= 0.6 is 0 Å². The normalized spacial score (nSPS) is 9.80. The van der Waals surface area contributed by atoms with Crippen molar-refractivity contribution >= 4 is 5.95 Å². The largest absolute Gasteiger partial charge is 0.754 e. The SMILES string of the molecule is Cc1nc(C)[n+]([O-])c(N)n1. The van der Waals surface area contributed by atoms with Gasteiger partial charge in [-0.15, -0.1) is 4.98 Å². The standard InChI is InChI=1S/C5H8N4O/c1-3-7-4(2)9(10)5(6)8-3/h1-2H3,(H2,6,7,8). The monoisotopic (exact) mass is 140 g/mol. The minimum atomic E-state index is -0.0509. The van der Waals surface area contributed by atoms with Gasteiger partial charge in [0.15, 0.2) is 0 Å². The highest BCUT2D eigenvalue weighted by atomic mass is 16.5.